The molecular weight excluding hydrogens is 240 g/mol. The minimum absolute atomic E-state index is 0.120. The number of nitrogens with zero attached hydrogens (tertiary/aromatic N) is 1. The Kier molecular flexibility index (Phi) is 7.15. The maximum atomic E-state index is 12.1. The predicted octanol–water partition coefficient (Wildman–Crippen LogP) is 1.66. The highest BCUT2D eigenvalue weighted by Crippen LogP contribution is 2.04. The van der Waals surface area contributed by atoms with E-state index < -0.39 is 0 Å². The SMILES string of the molecule is CCN(Cc1ccccc1)C(=O)CNC(C)COC. The molecular formula is C15H24N2O2. The molecule has 0 heterocycles. The molecule has 0 aliphatic carbocycles. The molecule has 0 aliphatic rings. The number of likely N-dealkylation sites (N-methyl/N-ethyl adjacent to an activating group) is 1. The van der Waals surface area contributed by atoms with E-state index in [4.69, 9.17) is 4.74 Å². The van der Waals surface area contributed by atoms with Crippen molar-refractivity contribution in [3.8, 4) is 0 Å². The topological polar surface area (TPSA) is 41.6 Å². The summed E-state index contributed by atoms with van der Waals surface area (Å²) in [5, 5.41) is 3.17. The van der Waals surface area contributed by atoms with Crippen molar-refractivity contribution in [2.75, 3.05) is 26.8 Å². The molecule has 0 aromatic heterocycles. The number of carbonyl (C=O) groups excluding carboxylic acids is 1. The monoisotopic (exact) mass is 264 g/mol. The second-order valence-corrected chi connectivity index (χ2v) is 4.63. The van der Waals surface area contributed by atoms with Crippen LogP contribution >= 0.6 is 0 Å². The lowest BCUT2D eigenvalue weighted by molar-refractivity contribution is -0.130. The number of ether oxygens (including phenoxy) is 1. The molecule has 1 rings (SSSR count). The van der Waals surface area contributed by atoms with Gasteiger partial charge in [0.25, 0.3) is 0 Å². The molecule has 1 unspecified atom stereocenters. The molecule has 0 saturated carbocycles. The van der Waals surface area contributed by atoms with E-state index in [1.807, 2.05) is 49.1 Å². The van der Waals surface area contributed by atoms with Gasteiger partial charge < -0.3 is 15.0 Å². The van der Waals surface area contributed by atoms with E-state index in [-0.39, 0.29) is 11.9 Å². The number of hydrogen-bond donors (Lipinski definition) is 1. The van der Waals surface area contributed by atoms with E-state index in [9.17, 15) is 4.79 Å². The first kappa shape index (κ1) is 15.7. The maximum Gasteiger partial charge on any atom is 0.236 e. The van der Waals surface area contributed by atoms with Crippen molar-refractivity contribution in [1.82, 2.24) is 10.2 Å². The molecule has 1 atom stereocenters. The van der Waals surface area contributed by atoms with E-state index in [2.05, 4.69) is 5.32 Å². The molecule has 1 aromatic carbocycles. The van der Waals surface area contributed by atoms with Crippen molar-refractivity contribution in [3.63, 3.8) is 0 Å². The fourth-order valence-corrected chi connectivity index (χ4v) is 1.86. The average molecular weight is 264 g/mol. The number of benzene rings is 1. The van der Waals surface area contributed by atoms with Gasteiger partial charge in [-0.3, -0.25) is 4.79 Å². The molecule has 0 bridgehead atoms. The minimum atomic E-state index is 0.120. The second-order valence-electron chi connectivity index (χ2n) is 4.63. The van der Waals surface area contributed by atoms with Gasteiger partial charge in [0.1, 0.15) is 0 Å². The Bertz CT molecular complexity index is 368. The summed E-state index contributed by atoms with van der Waals surface area (Å²) in [5.74, 6) is 0.120. The van der Waals surface area contributed by atoms with Crippen LogP contribution in [0.2, 0.25) is 0 Å². The number of hydrogen-bond acceptors (Lipinski definition) is 3. The van der Waals surface area contributed by atoms with Gasteiger partial charge in [0.2, 0.25) is 5.91 Å². The van der Waals surface area contributed by atoms with Crippen LogP contribution in [0.4, 0.5) is 0 Å². The molecule has 106 valence electrons. The van der Waals surface area contributed by atoms with E-state index in [1.165, 1.54) is 0 Å². The van der Waals surface area contributed by atoms with Gasteiger partial charge in [-0.15, -0.1) is 0 Å². The highest BCUT2D eigenvalue weighted by atomic mass is 16.5. The molecule has 4 nitrogen and oxygen atoms in total. The number of methoxy groups -OCH3 is 1. The molecule has 1 amide bonds. The highest BCUT2D eigenvalue weighted by molar-refractivity contribution is 5.78. The van der Waals surface area contributed by atoms with Crippen LogP contribution < -0.4 is 5.32 Å². The van der Waals surface area contributed by atoms with Crippen LogP contribution in [-0.2, 0) is 16.1 Å². The van der Waals surface area contributed by atoms with Gasteiger partial charge in [0.15, 0.2) is 0 Å². The summed E-state index contributed by atoms with van der Waals surface area (Å²) in [6, 6.07) is 10.2. The van der Waals surface area contributed by atoms with Crippen LogP contribution in [0, 0.1) is 0 Å². The van der Waals surface area contributed by atoms with Crippen LogP contribution in [0.5, 0.6) is 0 Å². The normalized spacial score (nSPS) is 12.2. The molecule has 0 fully saturated rings. The third kappa shape index (κ3) is 5.85. The Morgan fingerprint density at radius 1 is 1.37 bits per heavy atom. The third-order valence-electron chi connectivity index (χ3n) is 2.97. The fourth-order valence-electron chi connectivity index (χ4n) is 1.86. The lowest BCUT2D eigenvalue weighted by Crippen LogP contribution is -2.41. The molecule has 1 aromatic rings. The van der Waals surface area contributed by atoms with Crippen LogP contribution in [0.1, 0.15) is 19.4 Å². The van der Waals surface area contributed by atoms with Crippen molar-refractivity contribution in [2.45, 2.75) is 26.4 Å². The first-order valence-electron chi connectivity index (χ1n) is 6.71. The summed E-state index contributed by atoms with van der Waals surface area (Å²) in [5.41, 5.74) is 1.16. The Balaban J connectivity index is 2.44. The van der Waals surface area contributed by atoms with Gasteiger partial charge in [-0.05, 0) is 19.4 Å². The van der Waals surface area contributed by atoms with Gasteiger partial charge in [0, 0.05) is 26.2 Å². The summed E-state index contributed by atoms with van der Waals surface area (Å²) in [6.45, 7) is 6.34. The lowest BCUT2D eigenvalue weighted by atomic mass is 10.2. The number of amides is 1. The van der Waals surface area contributed by atoms with Crippen LogP contribution in [-0.4, -0.2) is 43.7 Å². The van der Waals surface area contributed by atoms with Crippen molar-refractivity contribution in [3.05, 3.63) is 35.9 Å². The zero-order valence-corrected chi connectivity index (χ0v) is 12.1. The Morgan fingerprint density at radius 3 is 2.63 bits per heavy atom. The van der Waals surface area contributed by atoms with E-state index in [0.717, 1.165) is 5.56 Å². The van der Waals surface area contributed by atoms with Crippen molar-refractivity contribution in [1.29, 1.82) is 0 Å². The molecule has 0 aliphatic heterocycles. The molecule has 1 N–H and O–H groups in total. The van der Waals surface area contributed by atoms with Gasteiger partial charge in [-0.1, -0.05) is 30.3 Å². The van der Waals surface area contributed by atoms with Crippen molar-refractivity contribution >= 4 is 5.91 Å². The number of carbonyl (C=O) groups is 1. The zero-order valence-electron chi connectivity index (χ0n) is 12.1. The fraction of sp³-hybridized carbons (Fsp3) is 0.533. The largest absolute Gasteiger partial charge is 0.383 e. The summed E-state index contributed by atoms with van der Waals surface area (Å²) in [7, 11) is 1.66. The number of rotatable bonds is 8. The quantitative estimate of drug-likeness (QED) is 0.776. The number of nitrogens with one attached hydrogen (secondary N) is 1. The Labute approximate surface area is 115 Å². The first-order valence-corrected chi connectivity index (χ1v) is 6.71. The minimum Gasteiger partial charge on any atom is -0.383 e. The van der Waals surface area contributed by atoms with E-state index in [0.29, 0.717) is 26.2 Å². The van der Waals surface area contributed by atoms with E-state index in [1.54, 1.807) is 7.11 Å². The summed E-state index contributed by atoms with van der Waals surface area (Å²) in [6.07, 6.45) is 0. The average Bonchev–Trinajstić information content (AvgIpc) is 2.43. The third-order valence-corrected chi connectivity index (χ3v) is 2.97. The molecule has 4 heteroatoms. The lowest BCUT2D eigenvalue weighted by Gasteiger charge is -2.22. The molecule has 0 spiro atoms. The van der Waals surface area contributed by atoms with E-state index >= 15 is 0 Å². The van der Waals surface area contributed by atoms with Crippen molar-refractivity contribution < 1.29 is 9.53 Å². The van der Waals surface area contributed by atoms with Crippen LogP contribution in [0.3, 0.4) is 0 Å². The summed E-state index contributed by atoms with van der Waals surface area (Å²) in [4.78, 5) is 14.0. The predicted molar refractivity (Wildman–Crippen MR) is 76.9 cm³/mol. The Morgan fingerprint density at radius 2 is 2.05 bits per heavy atom. The van der Waals surface area contributed by atoms with Gasteiger partial charge in [-0.2, -0.15) is 0 Å². The zero-order chi connectivity index (χ0) is 14.1. The van der Waals surface area contributed by atoms with Crippen molar-refractivity contribution in [2.24, 2.45) is 0 Å². The second kappa shape index (κ2) is 8.67. The molecule has 19 heavy (non-hydrogen) atoms. The van der Waals surface area contributed by atoms with Crippen LogP contribution in [0.25, 0.3) is 0 Å². The standard InChI is InChI=1S/C15H24N2O2/c1-4-17(11-14-8-6-5-7-9-14)15(18)10-16-13(2)12-19-3/h5-9,13,16H,4,10-12H2,1-3H3. The molecule has 0 saturated heterocycles. The summed E-state index contributed by atoms with van der Waals surface area (Å²) < 4.78 is 5.03. The highest BCUT2D eigenvalue weighted by Gasteiger charge is 2.12. The molecule has 0 radical (unpaired) electrons. The maximum absolute atomic E-state index is 12.1. The smallest absolute Gasteiger partial charge is 0.236 e. The Hall–Kier alpha value is -1.39. The van der Waals surface area contributed by atoms with Gasteiger partial charge >= 0.3 is 0 Å². The van der Waals surface area contributed by atoms with Gasteiger partial charge in [-0.25, -0.2) is 0 Å². The van der Waals surface area contributed by atoms with Crippen LogP contribution in [0.15, 0.2) is 30.3 Å². The summed E-state index contributed by atoms with van der Waals surface area (Å²) >= 11 is 0. The first-order chi connectivity index (χ1) is 9.17. The van der Waals surface area contributed by atoms with Gasteiger partial charge in [0.05, 0.1) is 13.2 Å².